The van der Waals surface area contributed by atoms with Crippen LogP contribution in [0.4, 0.5) is 0 Å². The molecule has 0 saturated carbocycles. The van der Waals surface area contributed by atoms with Gasteiger partial charge in [0.05, 0.1) is 17.9 Å². The molecular weight excluding hydrogens is 260 g/mol. The van der Waals surface area contributed by atoms with Gasteiger partial charge in [-0.25, -0.2) is 4.98 Å². The summed E-state index contributed by atoms with van der Waals surface area (Å²) in [6.45, 7) is 4.74. The lowest BCUT2D eigenvalue weighted by Gasteiger charge is -2.10. The van der Waals surface area contributed by atoms with Gasteiger partial charge in [-0.05, 0) is 26.2 Å². The zero-order valence-electron chi connectivity index (χ0n) is 11.3. The van der Waals surface area contributed by atoms with Crippen molar-refractivity contribution in [3.8, 4) is 6.07 Å². The first kappa shape index (κ1) is 14.2. The molecule has 2 heterocycles. The number of hydrogen-bond donors (Lipinski definition) is 0. The third kappa shape index (κ3) is 3.20. The number of aryl methyl sites for hydroxylation is 2. The second kappa shape index (κ2) is 6.27. The lowest BCUT2D eigenvalue weighted by Crippen LogP contribution is -2.18. The summed E-state index contributed by atoms with van der Waals surface area (Å²) < 4.78 is 5.46. The molecule has 1 aliphatic heterocycles. The van der Waals surface area contributed by atoms with Gasteiger partial charge in [-0.3, -0.25) is 4.79 Å². The van der Waals surface area contributed by atoms with Crippen molar-refractivity contribution in [2.45, 2.75) is 51.6 Å². The molecule has 0 bridgehead atoms. The Labute approximate surface area is 117 Å². The van der Waals surface area contributed by atoms with E-state index in [1.54, 1.807) is 0 Å². The Morgan fingerprint density at radius 2 is 2.47 bits per heavy atom. The van der Waals surface area contributed by atoms with Gasteiger partial charge in [-0.2, -0.15) is 5.26 Å². The molecule has 0 aromatic carbocycles. The van der Waals surface area contributed by atoms with Crippen LogP contribution in [-0.2, 0) is 16.0 Å². The summed E-state index contributed by atoms with van der Waals surface area (Å²) in [6.07, 6.45) is 3.08. The van der Waals surface area contributed by atoms with Crippen molar-refractivity contribution < 1.29 is 9.53 Å². The maximum Gasteiger partial charge on any atom is 0.159 e. The van der Waals surface area contributed by atoms with Gasteiger partial charge in [0.2, 0.25) is 0 Å². The highest BCUT2D eigenvalue weighted by Gasteiger charge is 2.28. The number of thiazole rings is 1. The van der Waals surface area contributed by atoms with Crippen LogP contribution in [0.2, 0.25) is 0 Å². The average molecular weight is 278 g/mol. The molecular formula is C14H18N2O2S. The van der Waals surface area contributed by atoms with Crippen LogP contribution in [-0.4, -0.2) is 23.5 Å². The van der Waals surface area contributed by atoms with E-state index >= 15 is 0 Å². The van der Waals surface area contributed by atoms with Crippen molar-refractivity contribution >= 4 is 17.1 Å². The van der Waals surface area contributed by atoms with Gasteiger partial charge < -0.3 is 4.74 Å². The highest BCUT2D eigenvalue weighted by atomic mass is 32.1. The van der Waals surface area contributed by atoms with Crippen LogP contribution in [0.3, 0.4) is 0 Å². The van der Waals surface area contributed by atoms with Gasteiger partial charge in [0, 0.05) is 17.9 Å². The van der Waals surface area contributed by atoms with Crippen molar-refractivity contribution in [3.63, 3.8) is 0 Å². The smallest absolute Gasteiger partial charge is 0.159 e. The van der Waals surface area contributed by atoms with Crippen molar-refractivity contribution in [2.24, 2.45) is 0 Å². The molecule has 0 spiro atoms. The minimum absolute atomic E-state index is 0.00458. The molecule has 5 heteroatoms. The maximum atomic E-state index is 12.2. The van der Waals surface area contributed by atoms with Gasteiger partial charge in [-0.15, -0.1) is 11.3 Å². The molecule has 0 aliphatic carbocycles. The third-order valence-corrected chi connectivity index (χ3v) is 4.47. The van der Waals surface area contributed by atoms with E-state index in [2.05, 4.69) is 11.1 Å². The molecule has 2 atom stereocenters. The average Bonchev–Trinajstić information content (AvgIpc) is 3.00. The van der Waals surface area contributed by atoms with Crippen LogP contribution in [0, 0.1) is 18.3 Å². The number of aromatic nitrogens is 1. The lowest BCUT2D eigenvalue weighted by atomic mass is 10.00. The summed E-state index contributed by atoms with van der Waals surface area (Å²) in [5.74, 6) is -0.793. The number of nitriles is 1. The molecule has 0 radical (unpaired) electrons. The van der Waals surface area contributed by atoms with Crippen LogP contribution >= 0.6 is 11.3 Å². The monoisotopic (exact) mass is 278 g/mol. The zero-order chi connectivity index (χ0) is 13.8. The zero-order valence-corrected chi connectivity index (χ0v) is 12.1. The Morgan fingerprint density at radius 1 is 1.68 bits per heavy atom. The molecule has 1 saturated heterocycles. The van der Waals surface area contributed by atoms with Gasteiger partial charge in [0.1, 0.15) is 5.01 Å². The van der Waals surface area contributed by atoms with E-state index in [0.29, 0.717) is 11.4 Å². The molecule has 1 fully saturated rings. The van der Waals surface area contributed by atoms with Gasteiger partial charge in [0.25, 0.3) is 0 Å². The number of rotatable bonds is 5. The Hall–Kier alpha value is -1.25. The fourth-order valence-corrected chi connectivity index (χ4v) is 3.39. The van der Waals surface area contributed by atoms with Crippen LogP contribution in [0.5, 0.6) is 0 Å². The topological polar surface area (TPSA) is 63.0 Å². The second-order valence-corrected chi connectivity index (χ2v) is 6.01. The number of carbonyl (C=O) groups is 1. The Balaban J connectivity index is 2.09. The fraction of sp³-hybridized carbons (Fsp3) is 0.643. The summed E-state index contributed by atoms with van der Waals surface area (Å²) >= 11 is 1.46. The molecule has 1 aromatic heterocycles. The number of hydrogen-bond acceptors (Lipinski definition) is 5. The quantitative estimate of drug-likeness (QED) is 0.830. The molecule has 0 N–H and O–H groups in total. The molecule has 102 valence electrons. The Morgan fingerprint density at radius 3 is 3.00 bits per heavy atom. The molecule has 2 rings (SSSR count). The Bertz CT molecular complexity index is 498. The molecule has 0 amide bonds. The SMILES string of the molecule is CCc1nc([C@@H](C#N)C(=O)C[C@H]2CCCO2)sc1C. The summed E-state index contributed by atoms with van der Waals surface area (Å²) in [5, 5.41) is 9.89. The minimum atomic E-state index is -0.729. The summed E-state index contributed by atoms with van der Waals surface area (Å²) in [4.78, 5) is 17.7. The van der Waals surface area contributed by atoms with E-state index < -0.39 is 5.92 Å². The van der Waals surface area contributed by atoms with Crippen LogP contribution in [0.15, 0.2) is 0 Å². The Kier molecular flexibility index (Phi) is 4.67. The van der Waals surface area contributed by atoms with Crippen molar-refractivity contribution in [1.29, 1.82) is 5.26 Å². The highest BCUT2D eigenvalue weighted by molar-refractivity contribution is 7.11. The molecule has 4 nitrogen and oxygen atoms in total. The van der Waals surface area contributed by atoms with Gasteiger partial charge in [0.15, 0.2) is 11.7 Å². The molecule has 1 aliphatic rings. The lowest BCUT2D eigenvalue weighted by molar-refractivity contribution is -0.121. The summed E-state index contributed by atoms with van der Waals surface area (Å²) in [6, 6.07) is 2.10. The maximum absolute atomic E-state index is 12.2. The fourth-order valence-electron chi connectivity index (χ4n) is 2.31. The van der Waals surface area contributed by atoms with Crippen LogP contribution in [0.25, 0.3) is 0 Å². The number of ether oxygens (including phenoxy) is 1. The first-order valence-electron chi connectivity index (χ1n) is 6.65. The van der Waals surface area contributed by atoms with E-state index in [-0.39, 0.29) is 11.9 Å². The number of ketones is 1. The first-order chi connectivity index (χ1) is 9.15. The third-order valence-electron chi connectivity index (χ3n) is 3.39. The van der Waals surface area contributed by atoms with Crippen LogP contribution in [0.1, 0.15) is 47.7 Å². The van der Waals surface area contributed by atoms with E-state index in [1.807, 2.05) is 13.8 Å². The van der Waals surface area contributed by atoms with Gasteiger partial charge in [-0.1, -0.05) is 6.92 Å². The molecule has 1 aromatic rings. The largest absolute Gasteiger partial charge is 0.378 e. The predicted molar refractivity (Wildman–Crippen MR) is 73.2 cm³/mol. The normalized spacial score (nSPS) is 20.2. The number of Topliss-reactive ketones (excluding diaryl/α,β-unsaturated/α-hetero) is 1. The van der Waals surface area contributed by atoms with Gasteiger partial charge >= 0.3 is 0 Å². The van der Waals surface area contributed by atoms with E-state index in [1.165, 1.54) is 11.3 Å². The summed E-state index contributed by atoms with van der Waals surface area (Å²) in [5.41, 5.74) is 0.991. The molecule has 0 unspecified atom stereocenters. The van der Waals surface area contributed by atoms with Crippen molar-refractivity contribution in [1.82, 2.24) is 4.98 Å². The first-order valence-corrected chi connectivity index (χ1v) is 7.47. The summed E-state index contributed by atoms with van der Waals surface area (Å²) in [7, 11) is 0. The highest BCUT2D eigenvalue weighted by Crippen LogP contribution is 2.28. The second-order valence-electron chi connectivity index (χ2n) is 4.78. The predicted octanol–water partition coefficient (Wildman–Crippen LogP) is 2.76. The van der Waals surface area contributed by atoms with E-state index in [4.69, 9.17) is 4.74 Å². The van der Waals surface area contributed by atoms with Crippen LogP contribution < -0.4 is 0 Å². The number of nitrogens with zero attached hydrogens (tertiary/aromatic N) is 2. The standard InChI is InChI=1S/C14H18N2O2S/c1-3-12-9(2)19-14(16-12)11(8-15)13(17)7-10-5-4-6-18-10/h10-11H,3-7H2,1-2H3/t10-,11+/m1/s1. The minimum Gasteiger partial charge on any atom is -0.378 e. The molecule has 19 heavy (non-hydrogen) atoms. The van der Waals surface area contributed by atoms with Crippen molar-refractivity contribution in [3.05, 3.63) is 15.6 Å². The van der Waals surface area contributed by atoms with Crippen molar-refractivity contribution in [2.75, 3.05) is 6.61 Å². The van der Waals surface area contributed by atoms with E-state index in [9.17, 15) is 10.1 Å². The van der Waals surface area contributed by atoms with E-state index in [0.717, 1.165) is 36.4 Å². The number of carbonyl (C=O) groups excluding carboxylic acids is 1.